The zero-order valence-electron chi connectivity index (χ0n) is 12.7. The minimum absolute atomic E-state index is 1.53. The van der Waals surface area contributed by atoms with Crippen molar-refractivity contribution in [1.29, 1.82) is 0 Å². The third-order valence-corrected chi connectivity index (χ3v) is 14.4. The van der Waals surface area contributed by atoms with E-state index in [0.29, 0.717) is 0 Å². The first-order chi connectivity index (χ1) is 7.37. The van der Waals surface area contributed by atoms with Crippen molar-refractivity contribution in [2.45, 2.75) is 52.4 Å². The average Bonchev–Trinajstić information content (AvgIpc) is 1.94. The highest BCUT2D eigenvalue weighted by atomic mass is 28.5. The van der Waals surface area contributed by atoms with Crippen molar-refractivity contribution in [3.05, 3.63) is 0 Å². The summed E-state index contributed by atoms with van der Waals surface area (Å²) < 4.78 is 23.6. The molecule has 0 aromatic carbocycles. The molecule has 0 radical (unpaired) electrons. The van der Waals surface area contributed by atoms with E-state index in [1.54, 1.807) is 7.11 Å². The van der Waals surface area contributed by atoms with E-state index in [-0.39, 0.29) is 0 Å². The van der Waals surface area contributed by atoms with Gasteiger partial charge in [-0.25, -0.2) is 0 Å². The van der Waals surface area contributed by atoms with Gasteiger partial charge in [0.2, 0.25) is 0 Å². The Labute approximate surface area is 111 Å². The third kappa shape index (κ3) is 9.31. The molecule has 0 aliphatic rings. The summed E-state index contributed by atoms with van der Waals surface area (Å²) in [5.74, 6) is 0. The van der Waals surface area contributed by atoms with Crippen molar-refractivity contribution < 1.29 is 16.8 Å². The molecule has 0 bridgehead atoms. The van der Waals surface area contributed by atoms with Crippen LogP contribution in [-0.2, 0) is 16.8 Å². The fourth-order valence-electron chi connectivity index (χ4n) is 1.82. The van der Waals surface area contributed by atoms with E-state index >= 15 is 0 Å². The van der Waals surface area contributed by atoms with E-state index < -0.39 is 34.7 Å². The Morgan fingerprint density at radius 2 is 1.24 bits per heavy atom. The molecule has 1 unspecified atom stereocenters. The Hall–Kier alpha value is 0.708. The van der Waals surface area contributed by atoms with Gasteiger partial charge in [-0.3, -0.25) is 0 Å². The summed E-state index contributed by atoms with van der Waals surface area (Å²) in [6, 6.07) is 0. The van der Waals surface area contributed by atoms with E-state index in [2.05, 4.69) is 45.8 Å². The molecule has 104 valence electrons. The van der Waals surface area contributed by atoms with Crippen LogP contribution in [0.3, 0.4) is 0 Å². The van der Waals surface area contributed by atoms with Crippen molar-refractivity contribution >= 4 is 34.7 Å². The zero-order valence-corrected chi connectivity index (χ0v) is 16.9. The van der Waals surface area contributed by atoms with Crippen LogP contribution in [0.2, 0.25) is 52.4 Å². The molecule has 0 spiro atoms. The fourth-order valence-corrected chi connectivity index (χ4v) is 17.2. The molecule has 0 aromatic rings. The molecular weight excluding hydrogens is 284 g/mol. The van der Waals surface area contributed by atoms with Gasteiger partial charge in [-0.2, -0.15) is 0 Å². The zero-order chi connectivity index (χ0) is 13.9. The molecule has 8 heteroatoms. The van der Waals surface area contributed by atoms with Crippen LogP contribution in [0.1, 0.15) is 0 Å². The van der Waals surface area contributed by atoms with Crippen LogP contribution in [0.4, 0.5) is 0 Å². The van der Waals surface area contributed by atoms with Crippen molar-refractivity contribution in [3.63, 3.8) is 0 Å². The van der Waals surface area contributed by atoms with Crippen LogP contribution < -0.4 is 0 Å². The summed E-state index contributed by atoms with van der Waals surface area (Å²) in [4.78, 5) is 0. The van der Waals surface area contributed by atoms with Gasteiger partial charge in [0.05, 0.1) is 0 Å². The van der Waals surface area contributed by atoms with E-state index in [4.69, 9.17) is 16.8 Å². The second-order valence-electron chi connectivity index (χ2n) is 6.04. The Morgan fingerprint density at radius 1 is 0.765 bits per heavy atom. The maximum absolute atomic E-state index is 6.20. The lowest BCUT2D eigenvalue weighted by molar-refractivity contribution is 0.285. The molecule has 0 heterocycles. The summed E-state index contributed by atoms with van der Waals surface area (Å²) in [5, 5.41) is 0. The normalized spacial score (nSPS) is 16.1. The van der Waals surface area contributed by atoms with Gasteiger partial charge in [-0.1, -0.05) is 0 Å². The van der Waals surface area contributed by atoms with Crippen molar-refractivity contribution in [2.24, 2.45) is 0 Å². The summed E-state index contributed by atoms with van der Waals surface area (Å²) in [7, 11) is -5.61. The van der Waals surface area contributed by atoms with E-state index in [1.165, 1.54) is 0 Å². The molecule has 0 amide bonds. The maximum Gasteiger partial charge on any atom is 0.313 e. The van der Waals surface area contributed by atoms with Gasteiger partial charge in [0.25, 0.3) is 0 Å². The number of rotatable bonds is 7. The molecule has 0 fully saturated rings. The van der Waals surface area contributed by atoms with Gasteiger partial charge in [-0.15, -0.1) is 0 Å². The molecule has 0 N–H and O–H groups in total. The van der Waals surface area contributed by atoms with E-state index in [9.17, 15) is 0 Å². The first-order valence-corrected chi connectivity index (χ1v) is 17.1. The fraction of sp³-hybridized carbons (Fsp3) is 1.00. The van der Waals surface area contributed by atoms with Crippen molar-refractivity contribution in [2.75, 3.05) is 7.11 Å². The minimum atomic E-state index is -2.13. The van der Waals surface area contributed by atoms with Crippen LogP contribution in [0.25, 0.3) is 0 Å². The monoisotopic (exact) mass is 312 g/mol. The van der Waals surface area contributed by atoms with Gasteiger partial charge >= 0.3 is 26.4 Å². The summed E-state index contributed by atoms with van der Waals surface area (Å²) in [5.41, 5.74) is 0. The van der Waals surface area contributed by atoms with Crippen molar-refractivity contribution in [3.8, 4) is 0 Å². The molecule has 17 heavy (non-hydrogen) atoms. The first-order valence-electron chi connectivity index (χ1n) is 5.98. The van der Waals surface area contributed by atoms with Gasteiger partial charge < -0.3 is 16.8 Å². The lowest BCUT2D eigenvalue weighted by Gasteiger charge is -2.37. The molecule has 4 nitrogen and oxygen atoms in total. The first kappa shape index (κ1) is 17.7. The number of hydrogen-bond donors (Lipinski definition) is 0. The Morgan fingerprint density at radius 3 is 1.59 bits per heavy atom. The molecule has 0 saturated heterocycles. The second-order valence-corrected chi connectivity index (χ2v) is 20.0. The molecule has 0 aliphatic heterocycles. The molecule has 0 rings (SSSR count). The lowest BCUT2D eigenvalue weighted by atomic mass is 11.8. The highest BCUT2D eigenvalue weighted by molar-refractivity contribution is 6.87. The summed E-state index contributed by atoms with van der Waals surface area (Å²) in [6.45, 7) is 16.9. The number of hydrogen-bond acceptors (Lipinski definition) is 4. The summed E-state index contributed by atoms with van der Waals surface area (Å²) >= 11 is 0. The summed E-state index contributed by atoms with van der Waals surface area (Å²) in [6.07, 6.45) is 0. The van der Waals surface area contributed by atoms with Crippen LogP contribution in [0, 0.1) is 0 Å². The smallest absolute Gasteiger partial charge is 0.313 e. The Bertz CT molecular complexity index is 240. The SMILES string of the molecule is CO[SiH](C)O[Si](C)(C)O[Si](C)(C)O[Si](C)(C)C. The largest absolute Gasteiger partial charge is 0.437 e. The highest BCUT2D eigenvalue weighted by Gasteiger charge is 2.40. The molecule has 1 atom stereocenters. The van der Waals surface area contributed by atoms with E-state index in [1.807, 2.05) is 6.55 Å². The van der Waals surface area contributed by atoms with Crippen molar-refractivity contribution in [1.82, 2.24) is 0 Å². The minimum Gasteiger partial charge on any atom is -0.437 e. The van der Waals surface area contributed by atoms with Gasteiger partial charge in [0.15, 0.2) is 8.32 Å². The molecule has 0 aliphatic carbocycles. The van der Waals surface area contributed by atoms with Crippen LogP contribution in [0.15, 0.2) is 0 Å². The average molecular weight is 313 g/mol. The molecule has 0 aromatic heterocycles. The van der Waals surface area contributed by atoms with Gasteiger partial charge in [0.1, 0.15) is 0 Å². The van der Waals surface area contributed by atoms with E-state index in [0.717, 1.165) is 0 Å². The predicted molar refractivity (Wildman–Crippen MR) is 81.6 cm³/mol. The van der Waals surface area contributed by atoms with Crippen LogP contribution >= 0.6 is 0 Å². The third-order valence-electron chi connectivity index (χ3n) is 1.83. The second kappa shape index (κ2) is 6.24. The van der Waals surface area contributed by atoms with Gasteiger partial charge in [-0.05, 0) is 52.4 Å². The highest BCUT2D eigenvalue weighted by Crippen LogP contribution is 2.21. The van der Waals surface area contributed by atoms with Crippen LogP contribution in [0.5, 0.6) is 0 Å². The Balaban J connectivity index is 4.47. The molecule has 0 saturated carbocycles. The van der Waals surface area contributed by atoms with Crippen LogP contribution in [-0.4, -0.2) is 41.8 Å². The predicted octanol–water partition coefficient (Wildman–Crippen LogP) is 2.77. The Kier molecular flexibility index (Phi) is 6.50. The lowest BCUT2D eigenvalue weighted by Crippen LogP contribution is -2.54. The topological polar surface area (TPSA) is 36.9 Å². The van der Waals surface area contributed by atoms with Gasteiger partial charge in [0, 0.05) is 7.11 Å². The standard InChI is InChI=1S/C9H28O4Si4/c1-10-14(2)11-16(6,7)13-17(8,9)12-15(3,4)5/h14H,1-9H3. The quantitative estimate of drug-likeness (QED) is 0.677. The molecular formula is C9H28O4Si4. The maximum atomic E-state index is 6.20.